The zero-order valence-corrected chi connectivity index (χ0v) is 26.4. The zero-order valence-electron chi connectivity index (χ0n) is 26.4. The summed E-state index contributed by atoms with van der Waals surface area (Å²) in [5.74, 6) is -2.05. The van der Waals surface area contributed by atoms with Crippen molar-refractivity contribution in [2.45, 2.75) is 51.4 Å². The molecule has 240 valence electrons. The van der Waals surface area contributed by atoms with Crippen molar-refractivity contribution >= 4 is 29.8 Å². The number of rotatable bonds is 13. The number of ketones is 1. The van der Waals surface area contributed by atoms with E-state index in [-0.39, 0.29) is 56.9 Å². The molecule has 1 aliphatic heterocycles. The Balaban J connectivity index is 0.00000125. The number of esters is 2. The number of hydrogen-bond acceptors (Lipinski definition) is 10. The molecule has 0 bridgehead atoms. The summed E-state index contributed by atoms with van der Waals surface area (Å²) < 4.78 is 10.9. The topological polar surface area (TPSA) is 131 Å². The van der Waals surface area contributed by atoms with Gasteiger partial charge in [-0.05, 0) is 65.6 Å². The van der Waals surface area contributed by atoms with E-state index in [4.69, 9.17) is 19.1 Å². The van der Waals surface area contributed by atoms with Crippen LogP contribution in [0.15, 0.2) is 60.7 Å². The van der Waals surface area contributed by atoms with Gasteiger partial charge in [-0.2, -0.15) is 9.59 Å². The Morgan fingerprint density at radius 1 is 0.864 bits per heavy atom. The molecule has 0 aromatic heterocycles. The first-order valence-corrected chi connectivity index (χ1v) is 14.5. The van der Waals surface area contributed by atoms with Crippen molar-refractivity contribution in [1.29, 1.82) is 0 Å². The van der Waals surface area contributed by atoms with Crippen molar-refractivity contribution in [1.82, 2.24) is 14.7 Å². The molecule has 3 rings (SSSR count). The number of benzene rings is 2. The van der Waals surface area contributed by atoms with Gasteiger partial charge in [0.2, 0.25) is 5.91 Å². The summed E-state index contributed by atoms with van der Waals surface area (Å²) in [5.41, 5.74) is 1.70. The number of likely N-dealkylation sites (tertiary alicyclic amines) is 1. The fourth-order valence-electron chi connectivity index (χ4n) is 4.39. The summed E-state index contributed by atoms with van der Waals surface area (Å²) in [7, 11) is 9.61. The molecule has 0 saturated carbocycles. The predicted molar refractivity (Wildman–Crippen MR) is 163 cm³/mol. The van der Waals surface area contributed by atoms with Gasteiger partial charge in [0.15, 0.2) is 5.78 Å². The Morgan fingerprint density at radius 2 is 1.36 bits per heavy atom. The van der Waals surface area contributed by atoms with E-state index in [1.54, 1.807) is 23.9 Å². The molecule has 1 aliphatic rings. The lowest BCUT2D eigenvalue weighted by Crippen LogP contribution is -2.45. The van der Waals surface area contributed by atoms with Crippen LogP contribution in [0, 0.1) is 5.92 Å². The number of carbonyl (C=O) groups is 4. The number of ether oxygens (including phenoxy) is 2. The molecule has 11 nitrogen and oxygen atoms in total. The number of Topliss-reactive ketones (excluding diaryl/α,β-unsaturated/α-hetero) is 1. The lowest BCUT2D eigenvalue weighted by atomic mass is 9.93. The molecular formula is C33H45N3O8. The van der Waals surface area contributed by atoms with E-state index in [9.17, 15) is 19.2 Å². The molecule has 0 aliphatic carbocycles. The summed E-state index contributed by atoms with van der Waals surface area (Å²) in [6, 6.07) is 18.1. The average Bonchev–Trinajstić information content (AvgIpc) is 3.48. The molecule has 11 heteroatoms. The molecule has 0 unspecified atom stereocenters. The lowest BCUT2D eigenvalue weighted by Gasteiger charge is -2.26. The van der Waals surface area contributed by atoms with E-state index in [1.165, 1.54) is 0 Å². The fraction of sp³-hybridized carbons (Fsp3) is 0.485. The summed E-state index contributed by atoms with van der Waals surface area (Å²) in [6.07, 6.45) is 1.59. The molecule has 2 atom stereocenters. The van der Waals surface area contributed by atoms with Crippen LogP contribution in [0.1, 0.15) is 43.2 Å². The van der Waals surface area contributed by atoms with Crippen LogP contribution < -0.4 is 0 Å². The molecule has 1 fully saturated rings. The highest BCUT2D eigenvalue weighted by atomic mass is 16.5. The van der Waals surface area contributed by atoms with Gasteiger partial charge in [-0.15, -0.1) is 0 Å². The molecular weight excluding hydrogens is 566 g/mol. The van der Waals surface area contributed by atoms with Crippen LogP contribution in [0.4, 0.5) is 0 Å². The Labute approximate surface area is 260 Å². The van der Waals surface area contributed by atoms with Crippen molar-refractivity contribution in [3.05, 3.63) is 71.8 Å². The Hall–Kier alpha value is -4.18. The zero-order chi connectivity index (χ0) is 32.9. The molecule has 1 heterocycles. The maximum absolute atomic E-state index is 13.3. The quantitative estimate of drug-likeness (QED) is 0.312. The standard InChI is InChI=1S/C29H36N2O6.C3H9N.CO2/c1-30(2)19-27(33)31-17-9-14-25(31)26(32)18-24(29(35)37-21-23-12-7-4-8-13-23)15-16-28(34)36-20-22-10-5-3-6-11-22;1-4(2)3;2-1-3/h3-8,10-13,24-25H,9,14-21H2,1-2H3;1-3H3;/t24-,25+;;/m1../s1. The van der Waals surface area contributed by atoms with E-state index in [0.717, 1.165) is 17.5 Å². The first kappa shape index (κ1) is 37.8. The number of amides is 1. The number of likely N-dealkylation sites (N-methyl/N-ethyl adjacent to an activating group) is 1. The van der Waals surface area contributed by atoms with Gasteiger partial charge in [0.05, 0.1) is 18.5 Å². The monoisotopic (exact) mass is 611 g/mol. The van der Waals surface area contributed by atoms with Crippen LogP contribution in [-0.4, -0.2) is 98.8 Å². The number of nitrogens with zero attached hydrogens (tertiary/aromatic N) is 3. The van der Waals surface area contributed by atoms with Gasteiger partial charge in [0.1, 0.15) is 13.2 Å². The highest BCUT2D eigenvalue weighted by Crippen LogP contribution is 2.24. The SMILES string of the molecule is CN(C)C.CN(C)CC(=O)N1CCC[C@H]1C(=O)C[C@@H](CCC(=O)OCc1ccccc1)C(=O)OCc1ccccc1.O=C=O. The van der Waals surface area contributed by atoms with E-state index in [1.807, 2.05) is 86.7 Å². The van der Waals surface area contributed by atoms with E-state index < -0.39 is 23.9 Å². The third kappa shape index (κ3) is 15.9. The maximum atomic E-state index is 13.3. The number of carbonyl (C=O) groups excluding carboxylic acids is 6. The molecule has 44 heavy (non-hydrogen) atoms. The van der Waals surface area contributed by atoms with Gasteiger partial charge in [-0.25, -0.2) is 0 Å². The minimum atomic E-state index is -0.799. The van der Waals surface area contributed by atoms with E-state index >= 15 is 0 Å². The molecule has 2 aromatic rings. The normalized spacial score (nSPS) is 14.3. The lowest BCUT2D eigenvalue weighted by molar-refractivity contribution is -0.191. The molecule has 2 aromatic carbocycles. The van der Waals surface area contributed by atoms with E-state index in [0.29, 0.717) is 13.0 Å². The highest BCUT2D eigenvalue weighted by molar-refractivity contribution is 5.92. The summed E-state index contributed by atoms with van der Waals surface area (Å²) in [6.45, 7) is 0.976. The van der Waals surface area contributed by atoms with Crippen molar-refractivity contribution in [3.8, 4) is 0 Å². The average molecular weight is 612 g/mol. The summed E-state index contributed by atoms with van der Waals surface area (Å²) >= 11 is 0. The Morgan fingerprint density at radius 3 is 1.86 bits per heavy atom. The second kappa shape index (κ2) is 21.5. The molecule has 0 radical (unpaired) electrons. The van der Waals surface area contributed by atoms with Crippen LogP contribution in [-0.2, 0) is 51.5 Å². The second-order valence-corrected chi connectivity index (χ2v) is 11.1. The van der Waals surface area contributed by atoms with Gasteiger partial charge >= 0.3 is 18.1 Å². The predicted octanol–water partition coefficient (Wildman–Crippen LogP) is 2.98. The van der Waals surface area contributed by atoms with Gasteiger partial charge in [0.25, 0.3) is 0 Å². The van der Waals surface area contributed by atoms with Crippen LogP contribution in [0.2, 0.25) is 0 Å². The van der Waals surface area contributed by atoms with Gasteiger partial charge in [0, 0.05) is 19.4 Å². The minimum Gasteiger partial charge on any atom is -0.461 e. The summed E-state index contributed by atoms with van der Waals surface area (Å²) in [5, 5.41) is 0. The maximum Gasteiger partial charge on any atom is 0.373 e. The van der Waals surface area contributed by atoms with Gasteiger partial charge < -0.3 is 24.2 Å². The van der Waals surface area contributed by atoms with Crippen molar-refractivity contribution in [2.75, 3.05) is 48.3 Å². The van der Waals surface area contributed by atoms with Crippen molar-refractivity contribution < 1.29 is 38.2 Å². The first-order valence-electron chi connectivity index (χ1n) is 14.5. The summed E-state index contributed by atoms with van der Waals surface area (Å²) in [4.78, 5) is 72.9. The number of hydrogen-bond donors (Lipinski definition) is 0. The van der Waals surface area contributed by atoms with Crippen LogP contribution in [0.3, 0.4) is 0 Å². The highest BCUT2D eigenvalue weighted by Gasteiger charge is 2.36. The molecule has 0 N–H and O–H groups in total. The van der Waals surface area contributed by atoms with Crippen LogP contribution in [0.5, 0.6) is 0 Å². The molecule has 1 saturated heterocycles. The van der Waals surface area contributed by atoms with Gasteiger partial charge in [-0.1, -0.05) is 60.7 Å². The Kier molecular flexibility index (Phi) is 18.5. The first-order chi connectivity index (χ1) is 21.0. The Bertz CT molecular complexity index is 1180. The molecule has 1 amide bonds. The second-order valence-electron chi connectivity index (χ2n) is 11.1. The van der Waals surface area contributed by atoms with Gasteiger partial charge in [-0.3, -0.25) is 19.2 Å². The largest absolute Gasteiger partial charge is 0.461 e. The van der Waals surface area contributed by atoms with Crippen LogP contribution >= 0.6 is 0 Å². The molecule has 0 spiro atoms. The van der Waals surface area contributed by atoms with E-state index in [2.05, 4.69) is 0 Å². The van der Waals surface area contributed by atoms with Crippen molar-refractivity contribution in [2.24, 2.45) is 5.92 Å². The van der Waals surface area contributed by atoms with Crippen molar-refractivity contribution in [3.63, 3.8) is 0 Å². The van der Waals surface area contributed by atoms with Crippen LogP contribution in [0.25, 0.3) is 0 Å². The fourth-order valence-corrected chi connectivity index (χ4v) is 4.39. The minimum absolute atomic E-state index is 0.0147. The smallest absolute Gasteiger partial charge is 0.373 e. The third-order valence-corrected chi connectivity index (χ3v) is 6.34. The third-order valence-electron chi connectivity index (χ3n) is 6.34.